The zero-order valence-electron chi connectivity index (χ0n) is 16.1. The molecule has 0 spiro atoms. The van der Waals surface area contributed by atoms with Crippen LogP contribution in [0.5, 0.6) is 0 Å². The lowest BCUT2D eigenvalue weighted by atomic mass is 9.86. The Kier molecular flexibility index (Phi) is 4.90. The summed E-state index contributed by atoms with van der Waals surface area (Å²) in [5, 5.41) is 4.44. The van der Waals surface area contributed by atoms with E-state index >= 15 is 0 Å². The Morgan fingerprint density at radius 1 is 1.04 bits per heavy atom. The standard InChI is InChI=1S/C24H27ClN2O/c25-20-7-6-18-14-23(17-4-2-1-3-5-17)27(15-19(18)13-20)24(28)12-16-10-21-8-9-22(11-16)26-21/h1-7,13,16,21-23,26H,8-12,14-15H2. The van der Waals surface area contributed by atoms with E-state index in [2.05, 4.69) is 40.5 Å². The monoisotopic (exact) mass is 394 g/mol. The lowest BCUT2D eigenvalue weighted by molar-refractivity contribution is -0.136. The quantitative estimate of drug-likeness (QED) is 0.804. The first kappa shape index (κ1) is 18.2. The third kappa shape index (κ3) is 3.58. The van der Waals surface area contributed by atoms with Crippen LogP contribution in [0, 0.1) is 5.92 Å². The number of rotatable bonds is 3. The molecule has 2 fully saturated rings. The molecule has 3 unspecified atom stereocenters. The summed E-state index contributed by atoms with van der Waals surface area (Å²) in [5.41, 5.74) is 3.72. The van der Waals surface area contributed by atoms with Gasteiger partial charge in [-0.1, -0.05) is 48.0 Å². The molecule has 3 heterocycles. The van der Waals surface area contributed by atoms with E-state index in [1.54, 1.807) is 0 Å². The van der Waals surface area contributed by atoms with Crippen molar-refractivity contribution in [2.75, 3.05) is 0 Å². The van der Waals surface area contributed by atoms with Gasteiger partial charge in [0.15, 0.2) is 0 Å². The molecule has 2 aromatic carbocycles. The Morgan fingerprint density at radius 2 is 1.79 bits per heavy atom. The summed E-state index contributed by atoms with van der Waals surface area (Å²) < 4.78 is 0. The number of piperidine rings is 1. The number of hydrogen-bond acceptors (Lipinski definition) is 2. The number of carbonyl (C=O) groups excluding carboxylic acids is 1. The van der Waals surface area contributed by atoms with E-state index in [1.807, 2.05) is 18.2 Å². The highest BCUT2D eigenvalue weighted by Crippen LogP contribution is 2.37. The second kappa shape index (κ2) is 7.53. The third-order valence-corrected chi connectivity index (χ3v) is 7.07. The average Bonchev–Trinajstić information content (AvgIpc) is 3.05. The summed E-state index contributed by atoms with van der Waals surface area (Å²) in [4.78, 5) is 15.6. The van der Waals surface area contributed by atoms with Gasteiger partial charge in [0.1, 0.15) is 0 Å². The van der Waals surface area contributed by atoms with Crippen LogP contribution >= 0.6 is 11.6 Å². The topological polar surface area (TPSA) is 32.3 Å². The van der Waals surface area contributed by atoms with Gasteiger partial charge in [-0.25, -0.2) is 0 Å². The maximum Gasteiger partial charge on any atom is 0.223 e. The number of carbonyl (C=O) groups is 1. The zero-order valence-corrected chi connectivity index (χ0v) is 16.9. The van der Waals surface area contributed by atoms with Crippen molar-refractivity contribution in [2.45, 2.75) is 63.2 Å². The molecule has 0 aliphatic carbocycles. The molecule has 3 aliphatic heterocycles. The second-order valence-electron chi connectivity index (χ2n) is 8.74. The highest BCUT2D eigenvalue weighted by Gasteiger charge is 2.37. The summed E-state index contributed by atoms with van der Waals surface area (Å²) >= 11 is 6.24. The number of amides is 1. The van der Waals surface area contributed by atoms with E-state index in [-0.39, 0.29) is 6.04 Å². The van der Waals surface area contributed by atoms with Crippen molar-refractivity contribution in [3.05, 3.63) is 70.2 Å². The van der Waals surface area contributed by atoms with Gasteiger partial charge >= 0.3 is 0 Å². The van der Waals surface area contributed by atoms with Crippen LogP contribution in [0.2, 0.25) is 5.02 Å². The molecule has 0 radical (unpaired) electrons. The van der Waals surface area contributed by atoms with Crippen molar-refractivity contribution in [3.63, 3.8) is 0 Å². The molecule has 3 atom stereocenters. The number of benzene rings is 2. The van der Waals surface area contributed by atoms with E-state index < -0.39 is 0 Å². The van der Waals surface area contributed by atoms with Gasteiger partial charge in [-0.3, -0.25) is 4.79 Å². The van der Waals surface area contributed by atoms with Crippen LogP contribution in [-0.2, 0) is 17.8 Å². The van der Waals surface area contributed by atoms with Crippen molar-refractivity contribution < 1.29 is 4.79 Å². The number of hydrogen-bond donors (Lipinski definition) is 1. The number of halogens is 1. The van der Waals surface area contributed by atoms with Gasteiger partial charge in [-0.15, -0.1) is 0 Å². The molecule has 2 aromatic rings. The average molecular weight is 395 g/mol. The van der Waals surface area contributed by atoms with E-state index in [4.69, 9.17) is 11.6 Å². The van der Waals surface area contributed by atoms with Crippen molar-refractivity contribution >= 4 is 17.5 Å². The minimum Gasteiger partial charge on any atom is -0.331 e. The molecule has 2 saturated heterocycles. The Morgan fingerprint density at radius 3 is 2.54 bits per heavy atom. The first-order chi connectivity index (χ1) is 13.7. The zero-order chi connectivity index (χ0) is 19.1. The molecule has 146 valence electrons. The third-order valence-electron chi connectivity index (χ3n) is 6.84. The van der Waals surface area contributed by atoms with E-state index in [0.717, 1.165) is 24.3 Å². The predicted molar refractivity (Wildman–Crippen MR) is 112 cm³/mol. The fourth-order valence-corrected chi connectivity index (χ4v) is 5.69. The van der Waals surface area contributed by atoms with Crippen LogP contribution in [0.25, 0.3) is 0 Å². The Balaban J connectivity index is 1.40. The number of nitrogens with zero attached hydrogens (tertiary/aromatic N) is 1. The van der Waals surface area contributed by atoms with Crippen LogP contribution in [0.3, 0.4) is 0 Å². The highest BCUT2D eigenvalue weighted by molar-refractivity contribution is 6.30. The lowest BCUT2D eigenvalue weighted by Crippen LogP contribution is -2.42. The summed E-state index contributed by atoms with van der Waals surface area (Å²) in [7, 11) is 0. The van der Waals surface area contributed by atoms with Crippen LogP contribution in [0.15, 0.2) is 48.5 Å². The normalized spacial score (nSPS) is 28.8. The molecular formula is C24H27ClN2O. The summed E-state index contributed by atoms with van der Waals surface area (Å²) in [6, 6.07) is 18.0. The lowest BCUT2D eigenvalue weighted by Gasteiger charge is -2.39. The molecule has 1 amide bonds. The van der Waals surface area contributed by atoms with Crippen molar-refractivity contribution in [1.82, 2.24) is 10.2 Å². The van der Waals surface area contributed by atoms with Gasteiger partial charge in [0, 0.05) is 30.1 Å². The van der Waals surface area contributed by atoms with Gasteiger partial charge in [0.05, 0.1) is 6.04 Å². The molecule has 5 rings (SSSR count). The molecular weight excluding hydrogens is 368 g/mol. The Bertz CT molecular complexity index is 856. The minimum atomic E-state index is 0.112. The molecule has 3 aliphatic rings. The molecule has 4 heteroatoms. The molecule has 2 bridgehead atoms. The SMILES string of the molecule is O=C(CC1CC2CCC(C1)N2)N1Cc2cc(Cl)ccc2CC1c1ccccc1. The van der Waals surface area contributed by atoms with E-state index in [1.165, 1.54) is 29.5 Å². The van der Waals surface area contributed by atoms with Gasteiger partial charge in [-0.05, 0) is 66.8 Å². The minimum absolute atomic E-state index is 0.112. The molecule has 1 N–H and O–H groups in total. The first-order valence-electron chi connectivity index (χ1n) is 10.5. The fraction of sp³-hybridized carbons (Fsp3) is 0.458. The van der Waals surface area contributed by atoms with Crippen molar-refractivity contribution in [2.24, 2.45) is 5.92 Å². The molecule has 3 nitrogen and oxygen atoms in total. The number of nitrogens with one attached hydrogen (secondary N) is 1. The smallest absolute Gasteiger partial charge is 0.223 e. The largest absolute Gasteiger partial charge is 0.331 e. The van der Waals surface area contributed by atoms with Crippen LogP contribution in [0.1, 0.15) is 54.8 Å². The van der Waals surface area contributed by atoms with E-state index in [0.29, 0.717) is 36.9 Å². The summed E-state index contributed by atoms with van der Waals surface area (Å²) in [6.07, 6.45) is 6.38. The second-order valence-corrected chi connectivity index (χ2v) is 9.18. The maximum absolute atomic E-state index is 13.5. The van der Waals surface area contributed by atoms with Crippen molar-refractivity contribution in [1.29, 1.82) is 0 Å². The maximum atomic E-state index is 13.5. The van der Waals surface area contributed by atoms with Crippen LogP contribution in [0.4, 0.5) is 0 Å². The predicted octanol–water partition coefficient (Wildman–Crippen LogP) is 4.89. The van der Waals surface area contributed by atoms with Crippen molar-refractivity contribution in [3.8, 4) is 0 Å². The Labute approximate surface area is 172 Å². The summed E-state index contributed by atoms with van der Waals surface area (Å²) in [6.45, 7) is 0.659. The van der Waals surface area contributed by atoms with Crippen LogP contribution in [-0.4, -0.2) is 22.9 Å². The number of fused-ring (bicyclic) bond motifs is 3. The van der Waals surface area contributed by atoms with Gasteiger partial charge in [0.25, 0.3) is 0 Å². The van der Waals surface area contributed by atoms with E-state index in [9.17, 15) is 4.79 Å². The van der Waals surface area contributed by atoms with Gasteiger partial charge < -0.3 is 10.2 Å². The fourth-order valence-electron chi connectivity index (χ4n) is 5.49. The molecule has 0 aromatic heterocycles. The Hall–Kier alpha value is -1.84. The molecule has 0 saturated carbocycles. The van der Waals surface area contributed by atoms with Gasteiger partial charge in [-0.2, -0.15) is 0 Å². The van der Waals surface area contributed by atoms with Gasteiger partial charge in [0.2, 0.25) is 5.91 Å². The van der Waals surface area contributed by atoms with Crippen LogP contribution < -0.4 is 5.32 Å². The highest BCUT2D eigenvalue weighted by atomic mass is 35.5. The first-order valence-corrected chi connectivity index (χ1v) is 10.9. The molecule has 28 heavy (non-hydrogen) atoms. The summed E-state index contributed by atoms with van der Waals surface area (Å²) in [5.74, 6) is 0.814.